The second kappa shape index (κ2) is 4.29. The van der Waals surface area contributed by atoms with Gasteiger partial charge in [0.1, 0.15) is 0 Å². The summed E-state index contributed by atoms with van der Waals surface area (Å²) in [7, 11) is 0. The molecular formula is C10H17NO. The van der Waals surface area contributed by atoms with E-state index in [1.165, 1.54) is 5.57 Å². The summed E-state index contributed by atoms with van der Waals surface area (Å²) >= 11 is 0. The van der Waals surface area contributed by atoms with Crippen LogP contribution in [0.15, 0.2) is 12.2 Å². The van der Waals surface area contributed by atoms with Gasteiger partial charge in [0, 0.05) is 12.5 Å². The van der Waals surface area contributed by atoms with Gasteiger partial charge in [-0.2, -0.15) is 0 Å². The zero-order valence-corrected chi connectivity index (χ0v) is 7.73. The molecule has 0 saturated heterocycles. The maximum absolute atomic E-state index is 11.4. The summed E-state index contributed by atoms with van der Waals surface area (Å²) in [5.41, 5.74) is 1.30. The minimum Gasteiger partial charge on any atom is -0.356 e. The second-order valence-corrected chi connectivity index (χ2v) is 3.42. The van der Waals surface area contributed by atoms with E-state index in [0.29, 0.717) is 0 Å². The Morgan fingerprint density at radius 1 is 1.58 bits per heavy atom. The van der Waals surface area contributed by atoms with Crippen molar-refractivity contribution in [1.29, 1.82) is 0 Å². The predicted molar refractivity (Wildman–Crippen MR) is 49.8 cm³/mol. The molecule has 1 aliphatic rings. The van der Waals surface area contributed by atoms with Gasteiger partial charge < -0.3 is 5.32 Å². The van der Waals surface area contributed by atoms with Crippen LogP contribution in [0.3, 0.4) is 0 Å². The van der Waals surface area contributed by atoms with Crippen LogP contribution in [-0.4, -0.2) is 12.5 Å². The number of hydrogen-bond donors (Lipinski definition) is 1. The van der Waals surface area contributed by atoms with Crippen molar-refractivity contribution in [3.05, 3.63) is 12.2 Å². The quantitative estimate of drug-likeness (QED) is 0.625. The molecule has 2 heteroatoms. The number of carbonyl (C=O) groups excluding carboxylic acids is 1. The van der Waals surface area contributed by atoms with E-state index in [0.717, 1.165) is 32.2 Å². The summed E-state index contributed by atoms with van der Waals surface area (Å²) in [6.45, 7) is 6.63. The highest BCUT2D eigenvalue weighted by atomic mass is 16.1. The number of allylic oxidation sites excluding steroid dienone is 1. The molecule has 0 unspecified atom stereocenters. The first-order valence-corrected chi connectivity index (χ1v) is 4.68. The minimum atomic E-state index is 0.227. The van der Waals surface area contributed by atoms with E-state index in [4.69, 9.17) is 0 Å². The molecule has 1 saturated carbocycles. The van der Waals surface area contributed by atoms with E-state index < -0.39 is 0 Å². The summed E-state index contributed by atoms with van der Waals surface area (Å²) in [5.74, 6) is 0.473. The predicted octanol–water partition coefficient (Wildman–Crippen LogP) is 1.87. The maximum atomic E-state index is 11.4. The smallest absolute Gasteiger partial charge is 0.223 e. The molecule has 0 spiro atoms. The number of amides is 1. The van der Waals surface area contributed by atoms with Gasteiger partial charge in [-0.25, -0.2) is 0 Å². The fraction of sp³-hybridized carbons (Fsp3) is 0.700. The average Bonchev–Trinajstić information content (AvgIpc) is 2.06. The fourth-order valence-corrected chi connectivity index (χ4v) is 1.61. The Hall–Kier alpha value is -0.790. The average molecular weight is 167 g/mol. The topological polar surface area (TPSA) is 29.1 Å². The molecule has 1 N–H and O–H groups in total. The highest BCUT2D eigenvalue weighted by molar-refractivity contribution is 5.78. The van der Waals surface area contributed by atoms with E-state index >= 15 is 0 Å². The summed E-state index contributed by atoms with van der Waals surface area (Å²) in [6.07, 6.45) is 4.04. The van der Waals surface area contributed by atoms with Gasteiger partial charge in [0.05, 0.1) is 0 Å². The molecule has 1 rings (SSSR count). The first-order valence-electron chi connectivity index (χ1n) is 4.68. The first kappa shape index (κ1) is 9.30. The van der Waals surface area contributed by atoms with E-state index in [-0.39, 0.29) is 11.8 Å². The third-order valence-electron chi connectivity index (χ3n) is 2.41. The van der Waals surface area contributed by atoms with Crippen molar-refractivity contribution in [2.75, 3.05) is 6.54 Å². The Kier molecular flexibility index (Phi) is 3.32. The zero-order chi connectivity index (χ0) is 8.97. The Morgan fingerprint density at radius 2 is 2.17 bits per heavy atom. The van der Waals surface area contributed by atoms with Crippen LogP contribution in [-0.2, 0) is 4.79 Å². The van der Waals surface area contributed by atoms with Crippen molar-refractivity contribution < 1.29 is 4.79 Å². The lowest BCUT2D eigenvalue weighted by molar-refractivity contribution is -0.125. The molecule has 0 atom stereocenters. The van der Waals surface area contributed by atoms with E-state index in [1.807, 2.05) is 6.92 Å². The highest BCUT2D eigenvalue weighted by Crippen LogP contribution is 2.26. The molecule has 0 aliphatic heterocycles. The van der Waals surface area contributed by atoms with Gasteiger partial charge >= 0.3 is 0 Å². The normalized spacial score (nSPS) is 19.2. The van der Waals surface area contributed by atoms with E-state index in [1.54, 1.807) is 0 Å². The fourth-order valence-electron chi connectivity index (χ4n) is 1.61. The van der Waals surface area contributed by atoms with Crippen LogP contribution < -0.4 is 5.32 Å². The van der Waals surface area contributed by atoms with Crippen LogP contribution in [0.5, 0.6) is 0 Å². The van der Waals surface area contributed by atoms with E-state index in [2.05, 4.69) is 11.9 Å². The van der Waals surface area contributed by atoms with Crippen LogP contribution in [0, 0.1) is 5.92 Å². The number of carbonyl (C=O) groups is 1. The Labute approximate surface area is 74.0 Å². The molecule has 0 aromatic heterocycles. The lowest BCUT2D eigenvalue weighted by Gasteiger charge is -2.21. The van der Waals surface area contributed by atoms with E-state index in [9.17, 15) is 4.79 Å². The van der Waals surface area contributed by atoms with Gasteiger partial charge in [0.2, 0.25) is 5.91 Å². The summed E-state index contributed by atoms with van der Waals surface area (Å²) in [6, 6.07) is 0. The monoisotopic (exact) mass is 167 g/mol. The van der Waals surface area contributed by atoms with Crippen molar-refractivity contribution in [1.82, 2.24) is 5.32 Å². The lowest BCUT2D eigenvalue weighted by atomic mass is 9.86. The molecule has 0 bridgehead atoms. The molecule has 2 nitrogen and oxygen atoms in total. The molecule has 1 fully saturated rings. The Morgan fingerprint density at radius 3 is 2.67 bits per heavy atom. The number of rotatable bonds is 2. The van der Waals surface area contributed by atoms with Crippen molar-refractivity contribution in [2.45, 2.75) is 32.6 Å². The third-order valence-corrected chi connectivity index (χ3v) is 2.41. The van der Waals surface area contributed by atoms with Crippen molar-refractivity contribution >= 4 is 5.91 Å². The van der Waals surface area contributed by atoms with Crippen LogP contribution in [0.1, 0.15) is 32.6 Å². The summed E-state index contributed by atoms with van der Waals surface area (Å²) in [5, 5.41) is 2.86. The van der Waals surface area contributed by atoms with Gasteiger partial charge in [-0.1, -0.05) is 12.2 Å². The standard InChI is InChI=1S/C10H17NO/c1-3-11-10(12)9-6-4-8(2)5-7-9/h9H,2-7H2,1H3,(H,11,12). The molecule has 0 heterocycles. The van der Waals surface area contributed by atoms with Gasteiger partial charge in [0.15, 0.2) is 0 Å². The van der Waals surface area contributed by atoms with Crippen LogP contribution in [0.4, 0.5) is 0 Å². The molecule has 0 aromatic rings. The molecule has 68 valence electrons. The summed E-state index contributed by atoms with van der Waals surface area (Å²) < 4.78 is 0. The van der Waals surface area contributed by atoms with Gasteiger partial charge in [0.25, 0.3) is 0 Å². The Balaban J connectivity index is 2.33. The van der Waals surface area contributed by atoms with Gasteiger partial charge in [-0.05, 0) is 32.6 Å². The van der Waals surface area contributed by atoms with Crippen LogP contribution in [0.25, 0.3) is 0 Å². The van der Waals surface area contributed by atoms with Gasteiger partial charge in [-0.15, -0.1) is 0 Å². The molecular weight excluding hydrogens is 150 g/mol. The third kappa shape index (κ3) is 2.36. The van der Waals surface area contributed by atoms with Crippen molar-refractivity contribution in [3.63, 3.8) is 0 Å². The SMILES string of the molecule is C=C1CCC(C(=O)NCC)CC1. The first-order chi connectivity index (χ1) is 5.74. The van der Waals surface area contributed by atoms with Crippen LogP contribution >= 0.6 is 0 Å². The number of hydrogen-bond acceptors (Lipinski definition) is 1. The molecule has 0 radical (unpaired) electrons. The Bertz CT molecular complexity index is 176. The largest absolute Gasteiger partial charge is 0.356 e. The van der Waals surface area contributed by atoms with Crippen molar-refractivity contribution in [3.8, 4) is 0 Å². The number of nitrogens with one attached hydrogen (secondary N) is 1. The molecule has 12 heavy (non-hydrogen) atoms. The van der Waals surface area contributed by atoms with Gasteiger partial charge in [-0.3, -0.25) is 4.79 Å². The lowest BCUT2D eigenvalue weighted by Crippen LogP contribution is -2.31. The molecule has 1 amide bonds. The molecule has 0 aromatic carbocycles. The van der Waals surface area contributed by atoms with Crippen LogP contribution in [0.2, 0.25) is 0 Å². The highest BCUT2D eigenvalue weighted by Gasteiger charge is 2.21. The minimum absolute atomic E-state index is 0.227. The molecule has 1 aliphatic carbocycles. The second-order valence-electron chi connectivity index (χ2n) is 3.42. The zero-order valence-electron chi connectivity index (χ0n) is 7.73. The maximum Gasteiger partial charge on any atom is 0.223 e. The van der Waals surface area contributed by atoms with Crippen molar-refractivity contribution in [2.24, 2.45) is 5.92 Å². The summed E-state index contributed by atoms with van der Waals surface area (Å²) in [4.78, 5) is 11.4.